The van der Waals surface area contributed by atoms with Gasteiger partial charge in [0.25, 0.3) is 0 Å². The van der Waals surface area contributed by atoms with Crippen molar-refractivity contribution in [1.82, 2.24) is 4.98 Å². The first-order chi connectivity index (χ1) is 15.0. The van der Waals surface area contributed by atoms with Crippen LogP contribution in [0.2, 0.25) is 0 Å². The lowest BCUT2D eigenvalue weighted by molar-refractivity contribution is -0.272. The minimum atomic E-state index is -4.91. The molecule has 170 valence electrons. The summed E-state index contributed by atoms with van der Waals surface area (Å²) in [6.07, 6.45) is -5.15. The fourth-order valence-corrected chi connectivity index (χ4v) is 4.76. The van der Waals surface area contributed by atoms with Crippen LogP contribution in [-0.4, -0.2) is 27.0 Å². The number of aromatic hydroxyl groups is 1. The lowest BCUT2D eigenvalue weighted by Gasteiger charge is -2.46. The molecule has 0 amide bonds. The van der Waals surface area contributed by atoms with Crippen LogP contribution in [0.4, 0.5) is 18.9 Å². The summed E-state index contributed by atoms with van der Waals surface area (Å²) in [5.41, 5.74) is -0.669. The highest BCUT2D eigenvalue weighted by Crippen LogP contribution is 2.55. The Labute approximate surface area is 182 Å². The summed E-state index contributed by atoms with van der Waals surface area (Å²) < 4.78 is 43.0. The Bertz CT molecular complexity index is 1250. The van der Waals surface area contributed by atoms with Crippen LogP contribution in [0.1, 0.15) is 54.0 Å². The van der Waals surface area contributed by atoms with E-state index in [-0.39, 0.29) is 16.9 Å². The van der Waals surface area contributed by atoms with E-state index in [0.29, 0.717) is 39.7 Å². The van der Waals surface area contributed by atoms with Gasteiger partial charge in [0.15, 0.2) is 5.60 Å². The van der Waals surface area contributed by atoms with Crippen molar-refractivity contribution in [2.45, 2.75) is 57.3 Å². The number of aliphatic hydroxyl groups is 1. The van der Waals surface area contributed by atoms with Crippen LogP contribution >= 0.6 is 0 Å². The van der Waals surface area contributed by atoms with E-state index < -0.39 is 30.2 Å². The number of H-pyrrole nitrogens is 1. The average Bonchev–Trinajstić information content (AvgIpc) is 2.72. The number of nitrogens with one attached hydrogen (secondary N) is 2. The number of fused-ring (bicyclic) bond motifs is 2. The van der Waals surface area contributed by atoms with Crippen LogP contribution < -0.4 is 10.9 Å². The lowest BCUT2D eigenvalue weighted by Crippen LogP contribution is -2.55. The summed E-state index contributed by atoms with van der Waals surface area (Å²) in [5.74, 6) is -0.678. The number of rotatable bonds is 3. The van der Waals surface area contributed by atoms with Gasteiger partial charge in [-0.25, -0.2) is 0 Å². The second-order valence-corrected chi connectivity index (χ2v) is 8.57. The number of anilines is 1. The number of pyridine rings is 1. The van der Waals surface area contributed by atoms with Gasteiger partial charge in [-0.15, -0.1) is 0 Å². The number of aromatic amines is 1. The zero-order valence-electron chi connectivity index (χ0n) is 18.0. The molecule has 0 unspecified atom stereocenters. The third-order valence-corrected chi connectivity index (χ3v) is 6.69. The van der Waals surface area contributed by atoms with Gasteiger partial charge >= 0.3 is 6.18 Å². The monoisotopic (exact) mass is 446 g/mol. The molecule has 32 heavy (non-hydrogen) atoms. The Hall–Kier alpha value is -3.00. The van der Waals surface area contributed by atoms with Gasteiger partial charge in [-0.05, 0) is 67.5 Å². The van der Waals surface area contributed by atoms with Crippen molar-refractivity contribution < 1.29 is 23.4 Å². The van der Waals surface area contributed by atoms with E-state index in [1.165, 1.54) is 12.1 Å². The Morgan fingerprint density at radius 3 is 2.59 bits per heavy atom. The molecular formula is C24H25F3N2O3. The third-order valence-electron chi connectivity index (χ3n) is 6.69. The zero-order valence-corrected chi connectivity index (χ0v) is 18.0. The SMILES string of the molecule is CC[C@@H]1C[C@@](O)(C(F)(F)F)[C@@H](Nc2cccc3[nH]c(=O)ccc23)c2cc(C)c(C)c(O)c21. The molecule has 3 aromatic rings. The molecule has 1 aromatic heterocycles. The first-order valence-electron chi connectivity index (χ1n) is 10.5. The molecule has 0 aliphatic heterocycles. The second-order valence-electron chi connectivity index (χ2n) is 8.57. The number of alkyl halides is 3. The molecule has 0 fully saturated rings. The molecule has 0 radical (unpaired) electrons. The molecule has 0 saturated carbocycles. The Morgan fingerprint density at radius 1 is 1.22 bits per heavy atom. The number of benzene rings is 2. The van der Waals surface area contributed by atoms with E-state index in [1.54, 1.807) is 45.0 Å². The number of aromatic nitrogens is 1. The van der Waals surface area contributed by atoms with Crippen molar-refractivity contribution in [3.63, 3.8) is 0 Å². The van der Waals surface area contributed by atoms with Gasteiger partial charge in [0.2, 0.25) is 5.56 Å². The average molecular weight is 446 g/mol. The summed E-state index contributed by atoms with van der Waals surface area (Å²) in [7, 11) is 0. The van der Waals surface area contributed by atoms with E-state index >= 15 is 0 Å². The predicted molar refractivity (Wildman–Crippen MR) is 117 cm³/mol. The maximum absolute atomic E-state index is 14.3. The maximum Gasteiger partial charge on any atom is 0.419 e. The summed E-state index contributed by atoms with van der Waals surface area (Å²) in [5, 5.41) is 25.4. The van der Waals surface area contributed by atoms with Crippen molar-refractivity contribution in [2.24, 2.45) is 0 Å². The molecule has 4 N–H and O–H groups in total. The van der Waals surface area contributed by atoms with Crippen molar-refractivity contribution in [3.05, 3.63) is 69.0 Å². The van der Waals surface area contributed by atoms with Crippen LogP contribution in [0.3, 0.4) is 0 Å². The molecule has 4 rings (SSSR count). The number of phenols is 1. The first kappa shape index (κ1) is 22.2. The Kier molecular flexibility index (Phi) is 5.24. The minimum absolute atomic E-state index is 0.0230. The van der Waals surface area contributed by atoms with Gasteiger partial charge < -0.3 is 20.5 Å². The normalized spacial score (nSPS) is 23.2. The molecule has 1 aliphatic carbocycles. The second kappa shape index (κ2) is 7.55. The number of phenolic OH excluding ortho intramolecular Hbond substituents is 1. The van der Waals surface area contributed by atoms with Crippen molar-refractivity contribution in [1.29, 1.82) is 0 Å². The highest BCUT2D eigenvalue weighted by Gasteiger charge is 2.62. The molecule has 0 bridgehead atoms. The van der Waals surface area contributed by atoms with Gasteiger partial charge in [-0.1, -0.05) is 19.1 Å². The number of aryl methyl sites for hydroxylation is 1. The fourth-order valence-electron chi connectivity index (χ4n) is 4.76. The quantitative estimate of drug-likeness (QED) is 0.446. The van der Waals surface area contributed by atoms with Crippen LogP contribution in [0.5, 0.6) is 5.75 Å². The Morgan fingerprint density at radius 2 is 1.94 bits per heavy atom. The molecule has 5 nitrogen and oxygen atoms in total. The third kappa shape index (κ3) is 3.33. The Balaban J connectivity index is 1.97. The smallest absolute Gasteiger partial charge is 0.419 e. The zero-order chi connectivity index (χ0) is 23.4. The van der Waals surface area contributed by atoms with Gasteiger partial charge in [-0.3, -0.25) is 4.79 Å². The summed E-state index contributed by atoms with van der Waals surface area (Å²) >= 11 is 0. The number of hydrogen-bond acceptors (Lipinski definition) is 4. The molecule has 1 aliphatic rings. The molecule has 3 atom stereocenters. The van der Waals surface area contributed by atoms with Gasteiger partial charge in [0.05, 0.1) is 11.6 Å². The summed E-state index contributed by atoms with van der Waals surface area (Å²) in [6.45, 7) is 5.19. The largest absolute Gasteiger partial charge is 0.507 e. The molecule has 1 heterocycles. The highest BCUT2D eigenvalue weighted by molar-refractivity contribution is 5.91. The van der Waals surface area contributed by atoms with Gasteiger partial charge in [0.1, 0.15) is 5.75 Å². The summed E-state index contributed by atoms with van der Waals surface area (Å²) in [6, 6.07) is 7.76. The van der Waals surface area contributed by atoms with Crippen LogP contribution in [0.25, 0.3) is 10.9 Å². The van der Waals surface area contributed by atoms with E-state index in [2.05, 4.69) is 10.3 Å². The van der Waals surface area contributed by atoms with E-state index in [9.17, 15) is 28.2 Å². The van der Waals surface area contributed by atoms with Gasteiger partial charge in [0, 0.05) is 22.7 Å². The molecule has 0 spiro atoms. The van der Waals surface area contributed by atoms with Crippen molar-refractivity contribution >= 4 is 16.6 Å². The van der Waals surface area contributed by atoms with E-state index in [1.807, 2.05) is 0 Å². The number of halogens is 3. The van der Waals surface area contributed by atoms with Crippen LogP contribution in [-0.2, 0) is 0 Å². The topological polar surface area (TPSA) is 85.4 Å². The fraction of sp³-hybridized carbons (Fsp3) is 0.375. The molecule has 8 heteroatoms. The van der Waals surface area contributed by atoms with E-state index in [4.69, 9.17) is 0 Å². The molecule has 2 aromatic carbocycles. The first-order valence-corrected chi connectivity index (χ1v) is 10.5. The maximum atomic E-state index is 14.3. The van der Waals surface area contributed by atoms with E-state index in [0.717, 1.165) is 0 Å². The minimum Gasteiger partial charge on any atom is -0.507 e. The van der Waals surface area contributed by atoms with Crippen molar-refractivity contribution in [2.75, 3.05) is 5.32 Å². The lowest BCUT2D eigenvalue weighted by atomic mass is 9.68. The van der Waals surface area contributed by atoms with Crippen LogP contribution in [0, 0.1) is 13.8 Å². The van der Waals surface area contributed by atoms with Crippen molar-refractivity contribution in [3.8, 4) is 5.75 Å². The van der Waals surface area contributed by atoms with Crippen LogP contribution in [0.15, 0.2) is 41.2 Å². The summed E-state index contributed by atoms with van der Waals surface area (Å²) in [4.78, 5) is 14.3. The standard InChI is InChI=1S/C24H25F3N2O3/c1-4-14-11-23(32,24(25,26)27)22(16-10-12(2)13(3)21(31)20(14)16)29-18-7-5-6-17-15(18)8-9-19(30)28-17/h5-10,14,22,29,31-32H,4,11H2,1-3H3,(H,28,30)/t14-,22+,23+/m1/s1. The van der Waals surface area contributed by atoms with Gasteiger partial charge in [-0.2, -0.15) is 13.2 Å². The number of hydrogen-bond donors (Lipinski definition) is 4. The molecule has 0 saturated heterocycles. The molecular weight excluding hydrogens is 421 g/mol. The highest BCUT2D eigenvalue weighted by atomic mass is 19.4. The predicted octanol–water partition coefficient (Wildman–Crippen LogP) is 5.19.